The van der Waals surface area contributed by atoms with Crippen LogP contribution in [0.3, 0.4) is 0 Å². The summed E-state index contributed by atoms with van der Waals surface area (Å²) in [6.45, 7) is 9.08. The van der Waals surface area contributed by atoms with Crippen LogP contribution in [0, 0.1) is 5.41 Å². The van der Waals surface area contributed by atoms with Gasteiger partial charge in [0.15, 0.2) is 18.0 Å². The maximum absolute atomic E-state index is 12.8. The van der Waals surface area contributed by atoms with Gasteiger partial charge in [-0.25, -0.2) is 4.79 Å². The predicted molar refractivity (Wildman–Crippen MR) is 164 cm³/mol. The normalized spacial score (nSPS) is 15.8. The van der Waals surface area contributed by atoms with Crippen molar-refractivity contribution in [3.05, 3.63) is 47.2 Å². The summed E-state index contributed by atoms with van der Waals surface area (Å²) in [5, 5.41) is 0. The summed E-state index contributed by atoms with van der Waals surface area (Å²) in [6, 6.07) is 9.54. The third-order valence-electron chi connectivity index (χ3n) is 7.51. The molecule has 0 saturated carbocycles. The summed E-state index contributed by atoms with van der Waals surface area (Å²) >= 11 is 0. The smallest absolute Gasteiger partial charge is 0.338 e. The van der Waals surface area contributed by atoms with Crippen LogP contribution in [0.25, 0.3) is 0 Å². The lowest BCUT2D eigenvalue weighted by Gasteiger charge is -2.27. The molecule has 0 unspecified atom stereocenters. The molecule has 0 bridgehead atoms. The summed E-state index contributed by atoms with van der Waals surface area (Å²) in [6.07, 6.45) is 14.3. The maximum atomic E-state index is 12.8. The Labute approximate surface area is 253 Å². The summed E-state index contributed by atoms with van der Waals surface area (Å²) in [7, 11) is 0. The number of carbonyl (C=O) groups excluding carboxylic acids is 3. The summed E-state index contributed by atoms with van der Waals surface area (Å²) in [5.74, 6) is -1.09. The number of esters is 3. The molecule has 0 aliphatic carbocycles. The van der Waals surface area contributed by atoms with Crippen molar-refractivity contribution >= 4 is 17.9 Å². The van der Waals surface area contributed by atoms with Crippen LogP contribution in [-0.4, -0.2) is 36.7 Å². The molecule has 0 aromatic heterocycles. The quantitative estimate of drug-likeness (QED) is 0.0812. The molecule has 7 heteroatoms. The first-order valence-electron chi connectivity index (χ1n) is 16.1. The van der Waals surface area contributed by atoms with Crippen LogP contribution in [0.5, 0.6) is 0 Å². The van der Waals surface area contributed by atoms with Gasteiger partial charge < -0.3 is 18.9 Å². The van der Waals surface area contributed by atoms with Gasteiger partial charge in [0.2, 0.25) is 0 Å². The van der Waals surface area contributed by atoms with E-state index in [-0.39, 0.29) is 19.2 Å². The van der Waals surface area contributed by atoms with Gasteiger partial charge in [-0.15, -0.1) is 0 Å². The van der Waals surface area contributed by atoms with E-state index in [9.17, 15) is 14.4 Å². The molecule has 7 nitrogen and oxygen atoms in total. The highest BCUT2D eigenvalue weighted by Gasteiger charge is 2.43. The highest BCUT2D eigenvalue weighted by Crippen LogP contribution is 2.30. The van der Waals surface area contributed by atoms with Crippen molar-refractivity contribution in [1.82, 2.24) is 0 Å². The lowest BCUT2D eigenvalue weighted by molar-refractivity contribution is -0.177. The Kier molecular flexibility index (Phi) is 16.3. The fourth-order valence-electron chi connectivity index (χ4n) is 4.77. The van der Waals surface area contributed by atoms with E-state index in [4.69, 9.17) is 18.9 Å². The van der Waals surface area contributed by atoms with E-state index in [0.29, 0.717) is 17.8 Å². The second-order valence-corrected chi connectivity index (χ2v) is 12.5. The predicted octanol–water partition coefficient (Wildman–Crippen LogP) is 8.39. The van der Waals surface area contributed by atoms with Gasteiger partial charge in [0.05, 0.1) is 11.0 Å². The third-order valence-corrected chi connectivity index (χ3v) is 7.51. The molecule has 1 aromatic rings. The lowest BCUT2D eigenvalue weighted by Crippen LogP contribution is -2.41. The minimum absolute atomic E-state index is 0.220. The zero-order valence-corrected chi connectivity index (χ0v) is 26.7. The van der Waals surface area contributed by atoms with Crippen molar-refractivity contribution in [2.75, 3.05) is 6.61 Å². The fraction of sp³-hybridized carbons (Fsp3) is 0.686. The van der Waals surface area contributed by atoms with Crippen LogP contribution >= 0.6 is 0 Å². The minimum Gasteiger partial charge on any atom is -0.489 e. The number of ether oxygens (including phenoxy) is 4. The Balaban J connectivity index is 1.79. The van der Waals surface area contributed by atoms with Crippen LogP contribution in [0.1, 0.15) is 130 Å². The first kappa shape index (κ1) is 35.4. The van der Waals surface area contributed by atoms with Gasteiger partial charge in [0.25, 0.3) is 0 Å². The van der Waals surface area contributed by atoms with Crippen molar-refractivity contribution in [1.29, 1.82) is 0 Å². The Morgan fingerprint density at radius 3 is 1.95 bits per heavy atom. The van der Waals surface area contributed by atoms with Gasteiger partial charge in [-0.2, -0.15) is 0 Å². The van der Waals surface area contributed by atoms with E-state index in [0.717, 1.165) is 24.8 Å². The van der Waals surface area contributed by atoms with Crippen molar-refractivity contribution < 1.29 is 33.3 Å². The zero-order valence-electron chi connectivity index (χ0n) is 26.7. The molecule has 0 spiro atoms. The van der Waals surface area contributed by atoms with Gasteiger partial charge in [0.1, 0.15) is 13.2 Å². The number of unbranched alkanes of at least 4 members (excludes halogenated alkanes) is 12. The number of benzene rings is 1. The Morgan fingerprint density at radius 2 is 1.40 bits per heavy atom. The molecule has 1 aliphatic heterocycles. The Bertz CT molecular complexity index is 977. The molecule has 0 N–H and O–H groups in total. The number of carbonyl (C=O) groups is 3. The van der Waals surface area contributed by atoms with E-state index in [2.05, 4.69) is 6.92 Å². The molecule has 1 aromatic carbocycles. The van der Waals surface area contributed by atoms with Gasteiger partial charge in [-0.05, 0) is 39.7 Å². The molecule has 0 radical (unpaired) electrons. The monoisotopic (exact) mass is 586 g/mol. The van der Waals surface area contributed by atoms with E-state index >= 15 is 0 Å². The SMILES string of the molecule is CCCCCCCCCCCCCCCC(=O)OC[C@H](OC(=O)C(C)(C)C)[C@H]1OC(=O)C(C)=C1OCc1ccccc1. The van der Waals surface area contributed by atoms with Crippen LogP contribution in [0.2, 0.25) is 0 Å². The average molecular weight is 587 g/mol. The molecule has 1 aliphatic rings. The highest BCUT2D eigenvalue weighted by molar-refractivity contribution is 5.91. The lowest BCUT2D eigenvalue weighted by atomic mass is 9.97. The van der Waals surface area contributed by atoms with Crippen molar-refractivity contribution in [3.8, 4) is 0 Å². The largest absolute Gasteiger partial charge is 0.489 e. The first-order valence-corrected chi connectivity index (χ1v) is 16.1. The fourth-order valence-corrected chi connectivity index (χ4v) is 4.77. The summed E-state index contributed by atoms with van der Waals surface area (Å²) in [5.41, 5.74) is 0.443. The molecule has 1 heterocycles. The average Bonchev–Trinajstić information content (AvgIpc) is 3.24. The second kappa shape index (κ2) is 19.4. The number of cyclic esters (lactones) is 1. The van der Waals surface area contributed by atoms with E-state index in [1.807, 2.05) is 30.3 Å². The molecular weight excluding hydrogens is 532 g/mol. The molecule has 42 heavy (non-hydrogen) atoms. The molecule has 0 fully saturated rings. The van der Waals surface area contributed by atoms with Crippen molar-refractivity contribution in [3.63, 3.8) is 0 Å². The Morgan fingerprint density at radius 1 is 0.857 bits per heavy atom. The van der Waals surface area contributed by atoms with Crippen LogP contribution < -0.4 is 0 Å². The third kappa shape index (κ3) is 13.4. The Hall–Kier alpha value is -2.83. The van der Waals surface area contributed by atoms with Crippen molar-refractivity contribution in [2.45, 2.75) is 143 Å². The molecule has 0 amide bonds. The van der Waals surface area contributed by atoms with Crippen molar-refractivity contribution in [2.24, 2.45) is 5.41 Å². The maximum Gasteiger partial charge on any atom is 0.338 e. The van der Waals surface area contributed by atoms with Crippen LogP contribution in [-0.2, 0) is 39.9 Å². The summed E-state index contributed by atoms with van der Waals surface area (Å²) in [4.78, 5) is 37.8. The van der Waals surface area contributed by atoms with Gasteiger partial charge >= 0.3 is 17.9 Å². The van der Waals surface area contributed by atoms with E-state index in [1.54, 1.807) is 27.7 Å². The topological polar surface area (TPSA) is 88.1 Å². The molecular formula is C35H54O7. The van der Waals surface area contributed by atoms with Gasteiger partial charge in [-0.3, -0.25) is 9.59 Å². The highest BCUT2D eigenvalue weighted by atomic mass is 16.6. The first-order chi connectivity index (χ1) is 20.1. The van der Waals surface area contributed by atoms with E-state index < -0.39 is 29.6 Å². The molecule has 2 rings (SSSR count). The number of hydrogen-bond acceptors (Lipinski definition) is 7. The second-order valence-electron chi connectivity index (χ2n) is 12.5. The summed E-state index contributed by atoms with van der Waals surface area (Å²) < 4.78 is 22.8. The zero-order chi connectivity index (χ0) is 30.8. The van der Waals surface area contributed by atoms with Gasteiger partial charge in [-0.1, -0.05) is 114 Å². The molecule has 2 atom stereocenters. The molecule has 236 valence electrons. The van der Waals surface area contributed by atoms with E-state index in [1.165, 1.54) is 64.2 Å². The molecule has 0 saturated heterocycles. The number of rotatable bonds is 21. The number of hydrogen-bond donors (Lipinski definition) is 0. The standard InChI is InChI=1S/C35H54O7/c1-6-7-8-9-10-11-12-13-14-15-16-17-21-24-30(36)39-26-29(41-34(38)35(3,4)5)32-31(27(2)33(37)42-32)40-25-28-22-19-18-20-23-28/h18-20,22-23,29,32H,6-17,21,24-26H2,1-5H3/t29-,32+/m0/s1. The minimum atomic E-state index is -1.01. The van der Waals surface area contributed by atoms with Crippen LogP contribution in [0.15, 0.2) is 41.7 Å². The van der Waals surface area contributed by atoms with Crippen LogP contribution in [0.4, 0.5) is 0 Å². The van der Waals surface area contributed by atoms with Gasteiger partial charge in [0, 0.05) is 6.42 Å².